The summed E-state index contributed by atoms with van der Waals surface area (Å²) in [6, 6.07) is 16.3. The minimum Gasteiger partial charge on any atom is -0.492 e. The van der Waals surface area contributed by atoms with Gasteiger partial charge < -0.3 is 10.1 Å². The van der Waals surface area contributed by atoms with Crippen LogP contribution in [0.4, 0.5) is 0 Å². The van der Waals surface area contributed by atoms with Crippen LogP contribution in [0, 0.1) is 0 Å². The monoisotopic (exact) mass is 402 g/mol. The Balaban J connectivity index is 1.38. The van der Waals surface area contributed by atoms with Crippen molar-refractivity contribution >= 4 is 15.9 Å². The van der Waals surface area contributed by atoms with Gasteiger partial charge in [0.1, 0.15) is 12.4 Å². The Morgan fingerprint density at radius 3 is 2.36 bits per heavy atom. The predicted molar refractivity (Wildman–Crippen MR) is 108 cm³/mol. The Kier molecular flexibility index (Phi) is 7.06. The van der Waals surface area contributed by atoms with E-state index in [9.17, 15) is 13.2 Å². The van der Waals surface area contributed by atoms with E-state index in [1.165, 1.54) is 4.31 Å². The maximum absolute atomic E-state index is 12.5. The van der Waals surface area contributed by atoms with Crippen LogP contribution in [0.2, 0.25) is 0 Å². The molecule has 1 heterocycles. The van der Waals surface area contributed by atoms with Crippen LogP contribution in [-0.2, 0) is 21.2 Å². The average molecular weight is 403 g/mol. The third kappa shape index (κ3) is 5.56. The molecule has 1 saturated heterocycles. The quantitative estimate of drug-likeness (QED) is 0.654. The maximum atomic E-state index is 12.5. The number of aryl methyl sites for hydroxylation is 1. The minimum absolute atomic E-state index is 0.0143. The fraction of sp³-hybridized carbons (Fsp3) is 0.381. The van der Waals surface area contributed by atoms with E-state index in [2.05, 4.69) is 5.32 Å². The van der Waals surface area contributed by atoms with E-state index in [0.29, 0.717) is 44.8 Å². The molecule has 6 nitrogen and oxygen atoms in total. The number of hydrogen-bond acceptors (Lipinski definition) is 4. The molecule has 0 aromatic heterocycles. The Morgan fingerprint density at radius 2 is 1.68 bits per heavy atom. The molecule has 0 atom stereocenters. The standard InChI is InChI=1S/C21H26N2O4S/c24-21(13-8-18-6-2-1-3-7-18)22-14-17-27-19-9-11-20(12-10-19)28(25,26)23-15-4-5-16-23/h1-3,6-7,9-12H,4-5,8,13-17H2,(H,22,24). The summed E-state index contributed by atoms with van der Waals surface area (Å²) in [5.74, 6) is 0.568. The summed E-state index contributed by atoms with van der Waals surface area (Å²) < 4.78 is 32.1. The van der Waals surface area contributed by atoms with Gasteiger partial charge in [-0.3, -0.25) is 4.79 Å². The van der Waals surface area contributed by atoms with Gasteiger partial charge in [-0.05, 0) is 49.1 Å². The first-order valence-electron chi connectivity index (χ1n) is 9.59. The van der Waals surface area contributed by atoms with Gasteiger partial charge in [-0.2, -0.15) is 4.31 Å². The molecule has 2 aromatic rings. The summed E-state index contributed by atoms with van der Waals surface area (Å²) >= 11 is 0. The van der Waals surface area contributed by atoms with E-state index in [0.717, 1.165) is 18.4 Å². The molecule has 0 aliphatic carbocycles. The molecule has 1 amide bonds. The number of ether oxygens (including phenoxy) is 1. The first-order valence-corrected chi connectivity index (χ1v) is 11.0. The first kappa shape index (κ1) is 20.4. The molecule has 1 fully saturated rings. The predicted octanol–water partition coefficient (Wildman–Crippen LogP) is 2.60. The van der Waals surface area contributed by atoms with Crippen molar-refractivity contribution in [3.8, 4) is 5.75 Å². The van der Waals surface area contributed by atoms with Gasteiger partial charge in [0.15, 0.2) is 0 Å². The molecule has 1 aliphatic rings. The molecule has 0 spiro atoms. The SMILES string of the molecule is O=C(CCc1ccccc1)NCCOc1ccc(S(=O)(=O)N2CCCC2)cc1. The van der Waals surface area contributed by atoms with Gasteiger partial charge in [-0.15, -0.1) is 0 Å². The van der Waals surface area contributed by atoms with Crippen LogP contribution in [0.1, 0.15) is 24.8 Å². The minimum atomic E-state index is -3.40. The Bertz CT molecular complexity index is 861. The number of nitrogens with one attached hydrogen (secondary N) is 1. The second-order valence-corrected chi connectivity index (χ2v) is 8.70. The summed E-state index contributed by atoms with van der Waals surface area (Å²) in [6.07, 6.45) is 2.97. The van der Waals surface area contributed by atoms with Crippen LogP contribution >= 0.6 is 0 Å². The molecule has 2 aromatic carbocycles. The molecule has 0 bridgehead atoms. The van der Waals surface area contributed by atoms with Gasteiger partial charge in [-0.25, -0.2) is 8.42 Å². The summed E-state index contributed by atoms with van der Waals surface area (Å²) in [7, 11) is -3.40. The van der Waals surface area contributed by atoms with E-state index < -0.39 is 10.0 Å². The van der Waals surface area contributed by atoms with Crippen LogP contribution < -0.4 is 10.1 Å². The molecule has 3 rings (SSSR count). The maximum Gasteiger partial charge on any atom is 0.243 e. The highest BCUT2D eigenvalue weighted by Crippen LogP contribution is 2.22. The van der Waals surface area contributed by atoms with Crippen LogP contribution in [-0.4, -0.2) is 44.9 Å². The van der Waals surface area contributed by atoms with Gasteiger partial charge in [0.25, 0.3) is 0 Å². The molecule has 0 saturated carbocycles. The molecule has 28 heavy (non-hydrogen) atoms. The van der Waals surface area contributed by atoms with Crippen LogP contribution in [0.25, 0.3) is 0 Å². The van der Waals surface area contributed by atoms with Crippen molar-refractivity contribution in [1.29, 1.82) is 0 Å². The van der Waals surface area contributed by atoms with Gasteiger partial charge >= 0.3 is 0 Å². The highest BCUT2D eigenvalue weighted by atomic mass is 32.2. The number of rotatable bonds is 9. The Morgan fingerprint density at radius 1 is 1.00 bits per heavy atom. The van der Waals surface area contributed by atoms with E-state index in [1.54, 1.807) is 24.3 Å². The lowest BCUT2D eigenvalue weighted by Crippen LogP contribution is -2.28. The van der Waals surface area contributed by atoms with E-state index >= 15 is 0 Å². The van der Waals surface area contributed by atoms with Gasteiger partial charge in [0, 0.05) is 19.5 Å². The summed E-state index contributed by atoms with van der Waals surface area (Å²) in [5, 5.41) is 2.83. The third-order valence-corrected chi connectivity index (χ3v) is 6.62. The Hall–Kier alpha value is -2.38. The molecule has 0 radical (unpaired) electrons. The lowest BCUT2D eigenvalue weighted by Gasteiger charge is -2.15. The summed E-state index contributed by atoms with van der Waals surface area (Å²) in [4.78, 5) is 12.2. The van der Waals surface area contributed by atoms with Crippen molar-refractivity contribution in [2.45, 2.75) is 30.6 Å². The number of sulfonamides is 1. The lowest BCUT2D eigenvalue weighted by molar-refractivity contribution is -0.121. The molecule has 150 valence electrons. The smallest absolute Gasteiger partial charge is 0.243 e. The highest BCUT2D eigenvalue weighted by Gasteiger charge is 2.26. The highest BCUT2D eigenvalue weighted by molar-refractivity contribution is 7.89. The fourth-order valence-corrected chi connectivity index (χ4v) is 4.65. The Labute approximate surface area is 166 Å². The molecule has 0 unspecified atom stereocenters. The van der Waals surface area contributed by atoms with E-state index in [1.807, 2.05) is 30.3 Å². The number of nitrogens with zero attached hydrogens (tertiary/aromatic N) is 1. The van der Waals surface area contributed by atoms with E-state index in [4.69, 9.17) is 4.74 Å². The topological polar surface area (TPSA) is 75.7 Å². The first-order chi connectivity index (χ1) is 13.6. The number of carbonyl (C=O) groups is 1. The van der Waals surface area contributed by atoms with Crippen LogP contribution in [0.3, 0.4) is 0 Å². The van der Waals surface area contributed by atoms with Crippen molar-refractivity contribution in [3.05, 3.63) is 60.2 Å². The average Bonchev–Trinajstić information content (AvgIpc) is 3.27. The van der Waals surface area contributed by atoms with E-state index in [-0.39, 0.29) is 10.8 Å². The summed E-state index contributed by atoms with van der Waals surface area (Å²) in [5.41, 5.74) is 1.14. The normalized spacial score (nSPS) is 14.7. The second-order valence-electron chi connectivity index (χ2n) is 6.77. The van der Waals surface area contributed by atoms with Crippen molar-refractivity contribution in [2.24, 2.45) is 0 Å². The lowest BCUT2D eigenvalue weighted by atomic mass is 10.1. The zero-order valence-electron chi connectivity index (χ0n) is 15.8. The van der Waals surface area contributed by atoms with Crippen LogP contribution in [0.15, 0.2) is 59.5 Å². The number of carbonyl (C=O) groups excluding carboxylic acids is 1. The molecule has 1 N–H and O–H groups in total. The molecule has 7 heteroatoms. The number of hydrogen-bond donors (Lipinski definition) is 1. The largest absolute Gasteiger partial charge is 0.492 e. The van der Waals surface area contributed by atoms with Crippen molar-refractivity contribution in [1.82, 2.24) is 9.62 Å². The fourth-order valence-electron chi connectivity index (χ4n) is 3.14. The van der Waals surface area contributed by atoms with Gasteiger partial charge in [0.2, 0.25) is 15.9 Å². The molecule has 1 aliphatic heterocycles. The molecular formula is C21H26N2O4S. The van der Waals surface area contributed by atoms with Crippen molar-refractivity contribution in [3.63, 3.8) is 0 Å². The number of benzene rings is 2. The number of amides is 1. The van der Waals surface area contributed by atoms with Gasteiger partial charge in [0.05, 0.1) is 11.4 Å². The third-order valence-electron chi connectivity index (χ3n) is 4.70. The second kappa shape index (κ2) is 9.71. The van der Waals surface area contributed by atoms with Crippen molar-refractivity contribution in [2.75, 3.05) is 26.2 Å². The zero-order chi connectivity index (χ0) is 19.8. The van der Waals surface area contributed by atoms with Crippen LogP contribution in [0.5, 0.6) is 5.75 Å². The van der Waals surface area contributed by atoms with Gasteiger partial charge in [-0.1, -0.05) is 30.3 Å². The zero-order valence-corrected chi connectivity index (χ0v) is 16.7. The van der Waals surface area contributed by atoms with Crippen molar-refractivity contribution < 1.29 is 17.9 Å². The molecular weight excluding hydrogens is 376 g/mol. The summed E-state index contributed by atoms with van der Waals surface area (Å²) in [6.45, 7) is 1.91.